The Balaban J connectivity index is 2.04. The molecule has 0 spiro atoms. The van der Waals surface area contributed by atoms with E-state index in [0.29, 0.717) is 23.4 Å². The number of benzene rings is 2. The molecule has 5 heteroatoms. The average molecular weight is 336 g/mol. The van der Waals surface area contributed by atoms with Crippen LogP contribution in [-0.2, 0) is 9.59 Å². The topological polar surface area (TPSA) is 58.6 Å². The van der Waals surface area contributed by atoms with Crippen LogP contribution in [0.25, 0.3) is 5.57 Å². The number of rotatable bonds is 5. The van der Waals surface area contributed by atoms with Gasteiger partial charge in [0.2, 0.25) is 0 Å². The van der Waals surface area contributed by atoms with Crippen molar-refractivity contribution in [2.75, 3.05) is 19.0 Å². The molecular weight excluding hydrogens is 316 g/mol. The monoisotopic (exact) mass is 336 g/mol. The van der Waals surface area contributed by atoms with Gasteiger partial charge in [0.1, 0.15) is 11.4 Å². The van der Waals surface area contributed by atoms with Crippen LogP contribution in [0, 0.1) is 6.92 Å². The fourth-order valence-electron chi connectivity index (χ4n) is 2.76. The first-order valence-electron chi connectivity index (χ1n) is 8.15. The highest BCUT2D eigenvalue weighted by molar-refractivity contribution is 6.36. The van der Waals surface area contributed by atoms with Crippen molar-refractivity contribution in [1.82, 2.24) is 4.90 Å². The highest BCUT2D eigenvalue weighted by Gasteiger charge is 2.36. The highest BCUT2D eigenvalue weighted by atomic mass is 16.5. The van der Waals surface area contributed by atoms with Crippen molar-refractivity contribution in [2.24, 2.45) is 0 Å². The Kier molecular flexibility index (Phi) is 4.57. The molecule has 2 aromatic rings. The van der Waals surface area contributed by atoms with Gasteiger partial charge in [-0.15, -0.1) is 0 Å². The Morgan fingerprint density at radius 3 is 2.32 bits per heavy atom. The summed E-state index contributed by atoms with van der Waals surface area (Å²) in [5.74, 6) is 0.0766. The van der Waals surface area contributed by atoms with Crippen molar-refractivity contribution >= 4 is 23.1 Å². The Labute approximate surface area is 146 Å². The smallest absolute Gasteiger partial charge is 0.277 e. The van der Waals surface area contributed by atoms with Gasteiger partial charge in [0.25, 0.3) is 11.8 Å². The number of likely N-dealkylation sites (N-methyl/N-ethyl adjacent to an activating group) is 1. The van der Waals surface area contributed by atoms with Crippen LogP contribution in [0.1, 0.15) is 18.1 Å². The number of anilines is 1. The van der Waals surface area contributed by atoms with Gasteiger partial charge in [-0.25, -0.2) is 0 Å². The van der Waals surface area contributed by atoms with Gasteiger partial charge in [0.15, 0.2) is 0 Å². The average Bonchev–Trinajstić information content (AvgIpc) is 2.82. The van der Waals surface area contributed by atoms with E-state index in [9.17, 15) is 9.59 Å². The summed E-state index contributed by atoms with van der Waals surface area (Å²) in [5.41, 5.74) is 3.15. The molecule has 1 heterocycles. The van der Waals surface area contributed by atoms with E-state index in [4.69, 9.17) is 4.74 Å². The predicted octanol–water partition coefficient (Wildman–Crippen LogP) is 3.22. The second kappa shape index (κ2) is 6.81. The van der Waals surface area contributed by atoms with E-state index < -0.39 is 0 Å². The van der Waals surface area contributed by atoms with Crippen LogP contribution in [0.15, 0.2) is 54.2 Å². The molecule has 2 amide bonds. The third-order valence-corrected chi connectivity index (χ3v) is 4.15. The Hall–Kier alpha value is -3.08. The van der Waals surface area contributed by atoms with Gasteiger partial charge >= 0.3 is 0 Å². The van der Waals surface area contributed by atoms with Gasteiger partial charge in [-0.2, -0.15) is 0 Å². The number of carbonyl (C=O) groups is 2. The number of aryl methyl sites for hydroxylation is 1. The van der Waals surface area contributed by atoms with Crippen LogP contribution >= 0.6 is 0 Å². The molecule has 0 saturated carbocycles. The summed E-state index contributed by atoms with van der Waals surface area (Å²) < 4.78 is 5.44. The molecule has 2 aromatic carbocycles. The molecule has 0 bridgehead atoms. The zero-order valence-electron chi connectivity index (χ0n) is 14.5. The first kappa shape index (κ1) is 16.8. The number of para-hydroxylation sites is 1. The number of amides is 2. The van der Waals surface area contributed by atoms with Crippen molar-refractivity contribution in [3.63, 3.8) is 0 Å². The lowest BCUT2D eigenvalue weighted by molar-refractivity contribution is -0.135. The van der Waals surface area contributed by atoms with Crippen LogP contribution in [0.5, 0.6) is 5.75 Å². The van der Waals surface area contributed by atoms with Crippen molar-refractivity contribution in [3.05, 3.63) is 65.4 Å². The summed E-state index contributed by atoms with van der Waals surface area (Å²) in [6.45, 7) is 4.43. The fourth-order valence-corrected chi connectivity index (χ4v) is 2.76. The van der Waals surface area contributed by atoms with Crippen LogP contribution in [0.2, 0.25) is 0 Å². The largest absolute Gasteiger partial charge is 0.494 e. The molecule has 1 aliphatic heterocycles. The number of nitrogens with zero attached hydrogens (tertiary/aromatic N) is 1. The number of nitrogens with one attached hydrogen (secondary N) is 1. The normalized spacial score (nSPS) is 14.3. The van der Waals surface area contributed by atoms with Gasteiger partial charge in [-0.3, -0.25) is 14.5 Å². The van der Waals surface area contributed by atoms with E-state index in [1.807, 2.05) is 38.1 Å². The van der Waals surface area contributed by atoms with Gasteiger partial charge in [0, 0.05) is 12.7 Å². The molecule has 5 nitrogen and oxygen atoms in total. The number of hydrogen-bond donors (Lipinski definition) is 1. The van der Waals surface area contributed by atoms with Crippen molar-refractivity contribution < 1.29 is 14.3 Å². The summed E-state index contributed by atoms with van der Waals surface area (Å²) in [5, 5.41) is 3.14. The molecule has 128 valence electrons. The van der Waals surface area contributed by atoms with Crippen LogP contribution in [-0.4, -0.2) is 30.4 Å². The lowest BCUT2D eigenvalue weighted by Crippen LogP contribution is -2.28. The van der Waals surface area contributed by atoms with E-state index >= 15 is 0 Å². The Morgan fingerprint density at radius 1 is 1.00 bits per heavy atom. The minimum absolute atomic E-state index is 0.297. The van der Waals surface area contributed by atoms with Crippen molar-refractivity contribution in [2.45, 2.75) is 13.8 Å². The molecule has 25 heavy (non-hydrogen) atoms. The Bertz CT molecular complexity index is 853. The van der Waals surface area contributed by atoms with E-state index in [0.717, 1.165) is 21.9 Å². The lowest BCUT2D eigenvalue weighted by Gasteiger charge is -2.11. The maximum atomic E-state index is 12.6. The van der Waals surface area contributed by atoms with Gasteiger partial charge in [-0.05, 0) is 43.2 Å². The molecule has 0 aliphatic carbocycles. The zero-order chi connectivity index (χ0) is 18.0. The molecule has 1 aliphatic rings. The molecule has 0 saturated heterocycles. The third-order valence-electron chi connectivity index (χ3n) is 4.15. The third kappa shape index (κ3) is 3.13. The first-order chi connectivity index (χ1) is 12.0. The second-order valence-electron chi connectivity index (χ2n) is 5.82. The molecule has 3 rings (SSSR count). The molecule has 0 unspecified atom stereocenters. The summed E-state index contributed by atoms with van der Waals surface area (Å²) in [6.07, 6.45) is 0. The van der Waals surface area contributed by atoms with E-state index in [1.54, 1.807) is 24.3 Å². The molecule has 0 radical (unpaired) electrons. The fraction of sp³-hybridized carbons (Fsp3) is 0.200. The minimum Gasteiger partial charge on any atom is -0.494 e. The number of ether oxygens (including phenoxy) is 1. The number of imide groups is 1. The van der Waals surface area contributed by atoms with Gasteiger partial charge < -0.3 is 10.1 Å². The minimum atomic E-state index is -0.336. The summed E-state index contributed by atoms with van der Waals surface area (Å²) in [4.78, 5) is 26.3. The number of hydrogen-bond acceptors (Lipinski definition) is 4. The van der Waals surface area contributed by atoms with Gasteiger partial charge in [-0.1, -0.05) is 30.3 Å². The summed E-state index contributed by atoms with van der Waals surface area (Å²) in [7, 11) is 1.49. The van der Waals surface area contributed by atoms with E-state index in [-0.39, 0.29) is 11.8 Å². The van der Waals surface area contributed by atoms with E-state index in [1.165, 1.54) is 7.05 Å². The maximum Gasteiger partial charge on any atom is 0.277 e. The maximum absolute atomic E-state index is 12.6. The van der Waals surface area contributed by atoms with Crippen LogP contribution in [0.3, 0.4) is 0 Å². The van der Waals surface area contributed by atoms with Crippen LogP contribution < -0.4 is 10.1 Å². The first-order valence-corrected chi connectivity index (χ1v) is 8.15. The standard InChI is InChI=1S/C20H20N2O3/c1-4-25-15-11-9-14(10-12-15)17-18(20(24)22(3)19(17)23)21-16-8-6-5-7-13(16)2/h5-12,21H,4H2,1-3H3. The summed E-state index contributed by atoms with van der Waals surface area (Å²) >= 11 is 0. The van der Waals surface area contributed by atoms with Crippen molar-refractivity contribution in [1.29, 1.82) is 0 Å². The molecular formula is C20H20N2O3. The van der Waals surface area contributed by atoms with Crippen LogP contribution in [0.4, 0.5) is 5.69 Å². The highest BCUT2D eigenvalue weighted by Crippen LogP contribution is 2.31. The molecule has 0 fully saturated rings. The Morgan fingerprint density at radius 2 is 1.68 bits per heavy atom. The summed E-state index contributed by atoms with van der Waals surface area (Å²) in [6, 6.07) is 14.8. The van der Waals surface area contributed by atoms with Crippen molar-refractivity contribution in [3.8, 4) is 5.75 Å². The number of carbonyl (C=O) groups excluding carboxylic acids is 2. The predicted molar refractivity (Wildman–Crippen MR) is 97.1 cm³/mol. The lowest BCUT2D eigenvalue weighted by atomic mass is 10.0. The quantitative estimate of drug-likeness (QED) is 0.852. The SMILES string of the molecule is CCOc1ccc(C2=C(Nc3ccccc3C)C(=O)N(C)C2=O)cc1. The van der Waals surface area contributed by atoms with E-state index in [2.05, 4.69) is 5.32 Å². The molecule has 1 N–H and O–H groups in total. The van der Waals surface area contributed by atoms with Gasteiger partial charge in [0.05, 0.1) is 12.2 Å². The molecule has 0 aromatic heterocycles. The molecule has 0 atom stereocenters. The second-order valence-corrected chi connectivity index (χ2v) is 5.82. The zero-order valence-corrected chi connectivity index (χ0v) is 14.5.